The molecule has 8 nitrogen and oxygen atoms in total. The highest BCUT2D eigenvalue weighted by Gasteiger charge is 2.37. The molecule has 8 heteroatoms. The van der Waals surface area contributed by atoms with Crippen molar-refractivity contribution in [1.82, 2.24) is 15.5 Å². The summed E-state index contributed by atoms with van der Waals surface area (Å²) >= 11 is 0. The number of benzene rings is 3. The summed E-state index contributed by atoms with van der Waals surface area (Å²) in [6.45, 7) is 5.71. The number of hydrogen-bond donors (Lipinski definition) is 3. The van der Waals surface area contributed by atoms with Crippen LogP contribution >= 0.6 is 0 Å². The Bertz CT molecular complexity index is 1300. The van der Waals surface area contributed by atoms with Gasteiger partial charge in [0.05, 0.1) is 23.2 Å². The van der Waals surface area contributed by atoms with Gasteiger partial charge in [0.15, 0.2) is 0 Å². The Hall–Kier alpha value is -4.04. The number of imide groups is 1. The molecule has 0 aromatic heterocycles. The molecule has 1 aliphatic heterocycles. The SMILES string of the molecule is CC(C)C[C@H](N[C@H](CCN1C(=O)c2cc3ccccc3cc2C1=O)C(=O)O)C(=O)N[C@@H](C)c1ccccc1. The van der Waals surface area contributed by atoms with Gasteiger partial charge in [-0.1, -0.05) is 68.4 Å². The van der Waals surface area contributed by atoms with Crippen molar-refractivity contribution in [2.45, 2.75) is 51.7 Å². The standard InChI is InChI=1S/C30H33N3O5/c1-18(2)15-26(27(34)31-19(3)20-9-5-4-6-10-20)32-25(30(37)38)13-14-33-28(35)23-16-21-11-7-8-12-22(21)17-24(23)29(33)36/h4-12,16-19,25-26,32H,13-15H2,1-3H3,(H,31,34)(H,37,38)/t19-,25+,26-/m0/s1. The molecule has 3 atom stereocenters. The number of amides is 3. The van der Waals surface area contributed by atoms with Crippen molar-refractivity contribution in [2.75, 3.05) is 6.54 Å². The van der Waals surface area contributed by atoms with Crippen molar-refractivity contribution in [2.24, 2.45) is 5.92 Å². The van der Waals surface area contributed by atoms with Gasteiger partial charge in [-0.15, -0.1) is 0 Å². The highest BCUT2D eigenvalue weighted by molar-refractivity contribution is 6.23. The molecular weight excluding hydrogens is 482 g/mol. The van der Waals surface area contributed by atoms with Crippen molar-refractivity contribution in [3.63, 3.8) is 0 Å². The molecule has 0 unspecified atom stereocenters. The van der Waals surface area contributed by atoms with E-state index in [4.69, 9.17) is 0 Å². The Kier molecular flexibility index (Phi) is 8.22. The average molecular weight is 516 g/mol. The molecule has 3 aromatic carbocycles. The van der Waals surface area contributed by atoms with Crippen LogP contribution in [0.5, 0.6) is 0 Å². The van der Waals surface area contributed by atoms with Crippen LogP contribution in [-0.4, -0.2) is 52.3 Å². The summed E-state index contributed by atoms with van der Waals surface area (Å²) in [5.41, 5.74) is 1.58. The summed E-state index contributed by atoms with van der Waals surface area (Å²) in [5.74, 6) is -2.19. The van der Waals surface area contributed by atoms with Gasteiger partial charge < -0.3 is 10.4 Å². The van der Waals surface area contributed by atoms with E-state index in [1.807, 2.05) is 75.4 Å². The minimum Gasteiger partial charge on any atom is -0.480 e. The Labute approximate surface area is 222 Å². The first kappa shape index (κ1) is 27.0. The Morgan fingerprint density at radius 1 is 0.842 bits per heavy atom. The van der Waals surface area contributed by atoms with Crippen LogP contribution in [0.15, 0.2) is 66.7 Å². The van der Waals surface area contributed by atoms with Crippen LogP contribution < -0.4 is 10.6 Å². The molecule has 0 bridgehead atoms. The number of rotatable bonds is 11. The van der Waals surface area contributed by atoms with E-state index in [1.54, 1.807) is 12.1 Å². The van der Waals surface area contributed by atoms with Crippen molar-refractivity contribution < 1.29 is 24.3 Å². The van der Waals surface area contributed by atoms with E-state index in [0.29, 0.717) is 17.5 Å². The molecular formula is C30H33N3O5. The lowest BCUT2D eigenvalue weighted by molar-refractivity contribution is -0.140. The van der Waals surface area contributed by atoms with E-state index in [-0.39, 0.29) is 30.8 Å². The second-order valence-corrected chi connectivity index (χ2v) is 10.2. The van der Waals surface area contributed by atoms with Crippen LogP contribution in [0.25, 0.3) is 10.8 Å². The highest BCUT2D eigenvalue weighted by atomic mass is 16.4. The van der Waals surface area contributed by atoms with E-state index < -0.39 is 29.9 Å². The molecule has 0 radical (unpaired) electrons. The second-order valence-electron chi connectivity index (χ2n) is 10.2. The number of carbonyl (C=O) groups excluding carboxylic acids is 3. The quantitative estimate of drug-likeness (QED) is 0.330. The third-order valence-electron chi connectivity index (χ3n) is 6.86. The molecule has 0 aliphatic carbocycles. The van der Waals surface area contributed by atoms with Gasteiger partial charge in [0, 0.05) is 6.54 Å². The second kappa shape index (κ2) is 11.6. The summed E-state index contributed by atoms with van der Waals surface area (Å²) in [5, 5.41) is 17.6. The topological polar surface area (TPSA) is 116 Å². The van der Waals surface area contributed by atoms with E-state index in [9.17, 15) is 24.3 Å². The van der Waals surface area contributed by atoms with Gasteiger partial charge in [-0.25, -0.2) is 0 Å². The van der Waals surface area contributed by atoms with Gasteiger partial charge in [0.25, 0.3) is 11.8 Å². The van der Waals surface area contributed by atoms with Crippen LogP contribution in [0.4, 0.5) is 0 Å². The van der Waals surface area contributed by atoms with Gasteiger partial charge in [0.1, 0.15) is 6.04 Å². The van der Waals surface area contributed by atoms with Gasteiger partial charge in [-0.3, -0.25) is 29.4 Å². The zero-order chi connectivity index (χ0) is 27.4. The van der Waals surface area contributed by atoms with Crippen LogP contribution in [-0.2, 0) is 9.59 Å². The number of carbonyl (C=O) groups is 4. The molecule has 0 fully saturated rings. The monoisotopic (exact) mass is 515 g/mol. The number of nitrogens with one attached hydrogen (secondary N) is 2. The molecule has 0 saturated heterocycles. The molecule has 0 saturated carbocycles. The zero-order valence-corrected chi connectivity index (χ0v) is 21.8. The molecule has 0 spiro atoms. The lowest BCUT2D eigenvalue weighted by Crippen LogP contribution is -2.52. The third-order valence-corrected chi connectivity index (χ3v) is 6.86. The first-order chi connectivity index (χ1) is 18.2. The minimum absolute atomic E-state index is 0.0313. The van der Waals surface area contributed by atoms with E-state index in [0.717, 1.165) is 21.2 Å². The predicted octanol–water partition coefficient (Wildman–Crippen LogP) is 4.16. The van der Waals surface area contributed by atoms with Crippen LogP contribution in [0.3, 0.4) is 0 Å². The number of carboxylic acid groups (broad SMARTS) is 1. The summed E-state index contributed by atoms with van der Waals surface area (Å²) in [4.78, 5) is 52.5. The summed E-state index contributed by atoms with van der Waals surface area (Å²) in [7, 11) is 0. The van der Waals surface area contributed by atoms with E-state index >= 15 is 0 Å². The Morgan fingerprint density at radius 3 is 1.92 bits per heavy atom. The van der Waals surface area contributed by atoms with E-state index in [2.05, 4.69) is 10.6 Å². The molecule has 3 amide bonds. The third kappa shape index (κ3) is 5.92. The van der Waals surface area contributed by atoms with E-state index in [1.165, 1.54) is 0 Å². The van der Waals surface area contributed by atoms with Crippen molar-refractivity contribution in [1.29, 1.82) is 0 Å². The van der Waals surface area contributed by atoms with Gasteiger partial charge in [0.2, 0.25) is 5.91 Å². The summed E-state index contributed by atoms with van der Waals surface area (Å²) < 4.78 is 0. The average Bonchev–Trinajstić information content (AvgIpc) is 3.12. The van der Waals surface area contributed by atoms with Crippen molar-refractivity contribution in [3.8, 4) is 0 Å². The van der Waals surface area contributed by atoms with Crippen molar-refractivity contribution >= 4 is 34.5 Å². The molecule has 38 heavy (non-hydrogen) atoms. The maximum atomic E-state index is 13.2. The molecule has 4 rings (SSSR count). The number of aliphatic carboxylic acids is 1. The molecule has 3 aromatic rings. The maximum Gasteiger partial charge on any atom is 0.320 e. The Morgan fingerprint density at radius 2 is 1.39 bits per heavy atom. The van der Waals surface area contributed by atoms with Crippen LogP contribution in [0, 0.1) is 5.92 Å². The Balaban J connectivity index is 1.45. The summed E-state index contributed by atoms with van der Waals surface area (Å²) in [6.07, 6.45) is 0.396. The van der Waals surface area contributed by atoms with Gasteiger partial charge >= 0.3 is 5.97 Å². The molecule has 198 valence electrons. The number of fused-ring (bicyclic) bond motifs is 2. The number of hydrogen-bond acceptors (Lipinski definition) is 5. The normalized spacial score (nSPS) is 15.4. The molecule has 1 aliphatic rings. The van der Waals surface area contributed by atoms with Gasteiger partial charge in [-0.2, -0.15) is 0 Å². The lowest BCUT2D eigenvalue weighted by Gasteiger charge is -2.26. The first-order valence-electron chi connectivity index (χ1n) is 12.9. The lowest BCUT2D eigenvalue weighted by atomic mass is 10.0. The number of carboxylic acids is 1. The van der Waals surface area contributed by atoms with Gasteiger partial charge in [-0.05, 0) is 54.2 Å². The van der Waals surface area contributed by atoms with Crippen molar-refractivity contribution in [3.05, 3.63) is 83.4 Å². The fraction of sp³-hybridized carbons (Fsp3) is 0.333. The highest BCUT2D eigenvalue weighted by Crippen LogP contribution is 2.28. The molecule has 3 N–H and O–H groups in total. The minimum atomic E-state index is -1.15. The van der Waals surface area contributed by atoms with Crippen LogP contribution in [0.2, 0.25) is 0 Å². The predicted molar refractivity (Wildman–Crippen MR) is 145 cm³/mol. The largest absolute Gasteiger partial charge is 0.480 e. The summed E-state index contributed by atoms with van der Waals surface area (Å²) in [6, 6.07) is 18.3. The molecule has 1 heterocycles. The number of nitrogens with zero attached hydrogens (tertiary/aromatic N) is 1. The zero-order valence-electron chi connectivity index (χ0n) is 21.8. The fourth-order valence-corrected chi connectivity index (χ4v) is 4.82. The first-order valence-corrected chi connectivity index (χ1v) is 12.9. The maximum absolute atomic E-state index is 13.2. The fourth-order valence-electron chi connectivity index (χ4n) is 4.82. The smallest absolute Gasteiger partial charge is 0.320 e. The van der Waals surface area contributed by atoms with Crippen LogP contribution in [0.1, 0.15) is 65.9 Å².